The Hall–Kier alpha value is -2.11. The van der Waals surface area contributed by atoms with Crippen molar-refractivity contribution in [2.45, 2.75) is 51.1 Å². The highest BCUT2D eigenvalue weighted by Gasteiger charge is 2.54. The van der Waals surface area contributed by atoms with E-state index in [0.29, 0.717) is 24.2 Å². The number of aliphatic hydroxyl groups excluding tert-OH is 1. The summed E-state index contributed by atoms with van der Waals surface area (Å²) in [6, 6.07) is 0. The summed E-state index contributed by atoms with van der Waals surface area (Å²) >= 11 is 0. The van der Waals surface area contributed by atoms with Gasteiger partial charge in [-0.1, -0.05) is 5.92 Å². The van der Waals surface area contributed by atoms with Crippen LogP contribution >= 0.6 is 7.82 Å². The van der Waals surface area contributed by atoms with Gasteiger partial charge in [0.2, 0.25) is 6.29 Å². The molecule has 2 aromatic heterocycles. The third-order valence-corrected chi connectivity index (χ3v) is 5.50. The van der Waals surface area contributed by atoms with Crippen LogP contribution in [0.5, 0.6) is 0 Å². The van der Waals surface area contributed by atoms with Crippen molar-refractivity contribution in [3.8, 4) is 11.8 Å². The molecular weight excluding hydrogens is 459 g/mol. The van der Waals surface area contributed by atoms with Gasteiger partial charge in [0.25, 0.3) is 0 Å². The molecule has 2 aromatic rings. The Morgan fingerprint density at radius 2 is 2.00 bits per heavy atom. The van der Waals surface area contributed by atoms with Gasteiger partial charge in [-0.15, -0.1) is 0 Å². The van der Waals surface area contributed by atoms with Crippen LogP contribution in [0.2, 0.25) is 0 Å². The van der Waals surface area contributed by atoms with E-state index in [4.69, 9.17) is 29.7 Å². The minimum absolute atomic E-state index is 0.131. The summed E-state index contributed by atoms with van der Waals surface area (Å²) < 4.78 is 33.5. The molecule has 182 valence electrons. The minimum Gasteiger partial charge on any atom is -0.387 e. The number of anilines is 1. The average molecular weight is 486 g/mol. The standard InChI is InChI=1S/C19H27N4O9P/c1-4-29-13(30-5-2)7-6-11-8-23(17-14(11)16(20)21-10-22-17)18-19(3,25)15(24)12(32-18)9-31-33(26,27)28/h8,10,12-13,15,18,24-25H,4-5,9H2,1-3H3,(H2,20,21,22)(H2,26,27,28)/t12-,15-,18-,19-/m1/s1. The summed E-state index contributed by atoms with van der Waals surface area (Å²) in [6.07, 6.45) is -1.99. The Bertz CT molecular complexity index is 1080. The molecule has 0 amide bonds. The molecule has 4 atom stereocenters. The van der Waals surface area contributed by atoms with E-state index in [1.807, 2.05) is 13.8 Å². The summed E-state index contributed by atoms with van der Waals surface area (Å²) in [4.78, 5) is 26.1. The number of fused-ring (bicyclic) bond motifs is 1. The Labute approximate surface area is 189 Å². The minimum atomic E-state index is -4.81. The maximum absolute atomic E-state index is 11.0. The highest BCUT2D eigenvalue weighted by atomic mass is 31.2. The Morgan fingerprint density at radius 3 is 2.61 bits per heavy atom. The lowest BCUT2D eigenvalue weighted by Crippen LogP contribution is -2.44. The molecule has 0 aliphatic carbocycles. The molecule has 1 saturated heterocycles. The lowest BCUT2D eigenvalue weighted by atomic mass is 9.96. The first-order valence-corrected chi connectivity index (χ1v) is 11.6. The van der Waals surface area contributed by atoms with Gasteiger partial charge in [0.15, 0.2) is 6.23 Å². The van der Waals surface area contributed by atoms with E-state index in [1.54, 1.807) is 0 Å². The monoisotopic (exact) mass is 486 g/mol. The molecule has 14 heteroatoms. The zero-order chi connectivity index (χ0) is 24.4. The van der Waals surface area contributed by atoms with Crippen LogP contribution in [0, 0.1) is 11.8 Å². The molecule has 13 nitrogen and oxygen atoms in total. The summed E-state index contributed by atoms with van der Waals surface area (Å²) in [7, 11) is -4.81. The number of hydrogen-bond donors (Lipinski definition) is 5. The lowest BCUT2D eigenvalue weighted by molar-refractivity contribution is -0.0970. The van der Waals surface area contributed by atoms with E-state index >= 15 is 0 Å². The SMILES string of the molecule is CCOC(C#Cc1cn([C@@H]2O[C@H](COP(=O)(O)O)[C@@H](O)[C@@]2(C)O)c2ncnc(N)c12)OCC. The van der Waals surface area contributed by atoms with Crippen LogP contribution in [0.4, 0.5) is 5.82 Å². The maximum Gasteiger partial charge on any atom is 0.469 e. The molecule has 0 saturated carbocycles. The van der Waals surface area contributed by atoms with Crippen molar-refractivity contribution in [3.05, 3.63) is 18.1 Å². The smallest absolute Gasteiger partial charge is 0.387 e. The van der Waals surface area contributed by atoms with Crippen molar-refractivity contribution in [1.29, 1.82) is 0 Å². The third kappa shape index (κ3) is 5.52. The van der Waals surface area contributed by atoms with Crippen LogP contribution < -0.4 is 5.73 Å². The van der Waals surface area contributed by atoms with Crippen molar-refractivity contribution >= 4 is 24.7 Å². The molecule has 0 aromatic carbocycles. The maximum atomic E-state index is 11.0. The molecule has 0 bridgehead atoms. The van der Waals surface area contributed by atoms with E-state index in [2.05, 4.69) is 26.3 Å². The van der Waals surface area contributed by atoms with Crippen LogP contribution in [0.1, 0.15) is 32.6 Å². The third-order valence-electron chi connectivity index (χ3n) is 5.01. The number of nitrogen functional groups attached to an aromatic ring is 1. The Morgan fingerprint density at radius 1 is 1.33 bits per heavy atom. The Balaban J connectivity index is 2.02. The highest BCUT2D eigenvalue weighted by molar-refractivity contribution is 7.46. The van der Waals surface area contributed by atoms with Crippen molar-refractivity contribution in [2.75, 3.05) is 25.6 Å². The van der Waals surface area contributed by atoms with Gasteiger partial charge in [0.1, 0.15) is 35.6 Å². The topological polar surface area (TPSA) is 192 Å². The second kappa shape index (κ2) is 10.0. The van der Waals surface area contributed by atoms with E-state index in [-0.39, 0.29) is 11.5 Å². The molecule has 3 heterocycles. The molecule has 33 heavy (non-hydrogen) atoms. The van der Waals surface area contributed by atoms with Gasteiger partial charge >= 0.3 is 7.82 Å². The van der Waals surface area contributed by atoms with E-state index in [1.165, 1.54) is 24.0 Å². The number of aromatic nitrogens is 3. The fraction of sp³-hybridized carbons (Fsp3) is 0.579. The normalized spacial score (nSPS) is 25.5. The van der Waals surface area contributed by atoms with Gasteiger partial charge in [0.05, 0.1) is 17.6 Å². The number of phosphoric acid groups is 1. The van der Waals surface area contributed by atoms with E-state index < -0.39 is 44.8 Å². The van der Waals surface area contributed by atoms with Crippen molar-refractivity contribution in [1.82, 2.24) is 14.5 Å². The van der Waals surface area contributed by atoms with Gasteiger partial charge in [-0.25, -0.2) is 14.5 Å². The first-order chi connectivity index (χ1) is 15.5. The average Bonchev–Trinajstić information content (AvgIpc) is 3.20. The highest BCUT2D eigenvalue weighted by Crippen LogP contribution is 2.43. The van der Waals surface area contributed by atoms with Crippen LogP contribution in [0.3, 0.4) is 0 Å². The first-order valence-electron chi connectivity index (χ1n) is 10.1. The number of ether oxygens (including phenoxy) is 3. The predicted molar refractivity (Wildman–Crippen MR) is 114 cm³/mol. The molecule has 3 rings (SSSR count). The predicted octanol–water partition coefficient (Wildman–Crippen LogP) is -0.117. The number of phosphoric ester groups is 1. The van der Waals surface area contributed by atoms with Gasteiger partial charge in [-0.2, -0.15) is 0 Å². The Kier molecular flexibility index (Phi) is 7.75. The summed E-state index contributed by atoms with van der Waals surface area (Å²) in [5.41, 5.74) is 4.85. The number of nitrogens with two attached hydrogens (primary N) is 1. The fourth-order valence-corrected chi connectivity index (χ4v) is 3.84. The molecule has 0 spiro atoms. The first kappa shape index (κ1) is 25.5. The molecular formula is C19H27N4O9P. The second-order valence-corrected chi connectivity index (χ2v) is 8.64. The fourth-order valence-electron chi connectivity index (χ4n) is 3.50. The number of hydrogen-bond acceptors (Lipinski definition) is 10. The van der Waals surface area contributed by atoms with E-state index in [0.717, 1.165) is 0 Å². The lowest BCUT2D eigenvalue weighted by Gasteiger charge is -2.27. The van der Waals surface area contributed by atoms with Crippen molar-refractivity contribution in [2.24, 2.45) is 0 Å². The largest absolute Gasteiger partial charge is 0.469 e. The summed E-state index contributed by atoms with van der Waals surface area (Å²) in [5, 5.41) is 21.9. The molecule has 1 fully saturated rings. The number of aliphatic hydroxyl groups is 2. The van der Waals surface area contributed by atoms with E-state index in [9.17, 15) is 14.8 Å². The van der Waals surface area contributed by atoms with Crippen molar-refractivity contribution < 1.29 is 43.3 Å². The van der Waals surface area contributed by atoms with Gasteiger partial charge in [-0.05, 0) is 26.7 Å². The zero-order valence-electron chi connectivity index (χ0n) is 18.3. The van der Waals surface area contributed by atoms with Gasteiger partial charge in [-0.3, -0.25) is 4.52 Å². The van der Waals surface area contributed by atoms with Crippen LogP contribution in [0.25, 0.3) is 11.0 Å². The molecule has 1 aliphatic rings. The molecule has 1 aliphatic heterocycles. The number of nitrogens with zero attached hydrogens (tertiary/aromatic N) is 3. The second-order valence-electron chi connectivity index (χ2n) is 7.40. The van der Waals surface area contributed by atoms with Crippen LogP contribution in [-0.4, -0.2) is 78.5 Å². The quantitative estimate of drug-likeness (QED) is 0.189. The van der Waals surface area contributed by atoms with Crippen molar-refractivity contribution in [3.63, 3.8) is 0 Å². The molecule has 0 radical (unpaired) electrons. The summed E-state index contributed by atoms with van der Waals surface area (Å²) in [5.74, 6) is 5.92. The van der Waals surface area contributed by atoms with Gasteiger partial charge in [0, 0.05) is 19.4 Å². The summed E-state index contributed by atoms with van der Waals surface area (Å²) in [6.45, 7) is 5.07. The number of rotatable bonds is 8. The molecule has 6 N–H and O–H groups in total. The molecule has 0 unspecified atom stereocenters. The van der Waals surface area contributed by atoms with Crippen LogP contribution in [-0.2, 0) is 23.3 Å². The zero-order valence-corrected chi connectivity index (χ0v) is 19.2. The van der Waals surface area contributed by atoms with Crippen LogP contribution in [0.15, 0.2) is 12.5 Å². The van der Waals surface area contributed by atoms with Gasteiger partial charge < -0.3 is 44.5 Å².